The van der Waals surface area contributed by atoms with Gasteiger partial charge in [-0.25, -0.2) is 0 Å². The van der Waals surface area contributed by atoms with Crippen LogP contribution in [0.2, 0.25) is 0 Å². The number of benzene rings is 1. The van der Waals surface area contributed by atoms with Gasteiger partial charge < -0.3 is 14.8 Å². The van der Waals surface area contributed by atoms with Crippen LogP contribution in [0.3, 0.4) is 0 Å². The van der Waals surface area contributed by atoms with Gasteiger partial charge >= 0.3 is 0 Å². The summed E-state index contributed by atoms with van der Waals surface area (Å²) in [6.07, 6.45) is 1.92. The Balaban J connectivity index is 1.63. The van der Waals surface area contributed by atoms with Gasteiger partial charge in [-0.1, -0.05) is 15.9 Å². The first kappa shape index (κ1) is 15.1. The van der Waals surface area contributed by atoms with Gasteiger partial charge in [-0.3, -0.25) is 9.59 Å². The fourth-order valence-electron chi connectivity index (χ4n) is 2.91. The maximum absolute atomic E-state index is 12.2. The predicted molar refractivity (Wildman–Crippen MR) is 88.4 cm³/mol. The van der Waals surface area contributed by atoms with E-state index in [-0.39, 0.29) is 30.4 Å². The molecule has 0 radical (unpaired) electrons. The molecule has 5 nitrogen and oxygen atoms in total. The van der Waals surface area contributed by atoms with E-state index < -0.39 is 0 Å². The average molecular weight is 364 g/mol. The van der Waals surface area contributed by atoms with Crippen molar-refractivity contribution in [2.45, 2.75) is 32.5 Å². The van der Waals surface area contributed by atoms with E-state index in [0.29, 0.717) is 6.54 Å². The second-order valence-electron chi connectivity index (χ2n) is 5.73. The molecule has 1 saturated heterocycles. The van der Waals surface area contributed by atoms with Crippen molar-refractivity contribution >= 4 is 38.6 Å². The van der Waals surface area contributed by atoms with Crippen molar-refractivity contribution in [2.24, 2.45) is 0 Å². The first-order valence-electron chi connectivity index (χ1n) is 7.26. The summed E-state index contributed by atoms with van der Waals surface area (Å²) in [7, 11) is 0. The fraction of sp³-hybridized carbons (Fsp3) is 0.375. The Bertz CT molecular complexity index is 740. The minimum absolute atomic E-state index is 0.0273. The first-order valence-corrected chi connectivity index (χ1v) is 8.06. The van der Waals surface area contributed by atoms with Crippen molar-refractivity contribution in [3.63, 3.8) is 0 Å². The second-order valence-corrected chi connectivity index (χ2v) is 6.65. The number of carbonyl (C=O) groups excluding carboxylic acids is 2. The minimum atomic E-state index is -0.0273. The van der Waals surface area contributed by atoms with Crippen molar-refractivity contribution in [1.82, 2.24) is 14.8 Å². The van der Waals surface area contributed by atoms with Crippen LogP contribution in [0.25, 0.3) is 10.9 Å². The Morgan fingerprint density at radius 2 is 2.14 bits per heavy atom. The van der Waals surface area contributed by atoms with E-state index in [2.05, 4.69) is 21.2 Å². The summed E-state index contributed by atoms with van der Waals surface area (Å²) in [6.45, 7) is 4.40. The van der Waals surface area contributed by atoms with Gasteiger partial charge in [0.25, 0.3) is 0 Å². The van der Waals surface area contributed by atoms with Crippen LogP contribution in [0.15, 0.2) is 34.9 Å². The third-order valence-corrected chi connectivity index (χ3v) is 4.76. The van der Waals surface area contributed by atoms with Gasteiger partial charge in [-0.15, -0.1) is 0 Å². The molecule has 0 bridgehead atoms. The number of rotatable bonds is 3. The van der Waals surface area contributed by atoms with Crippen LogP contribution in [0.5, 0.6) is 0 Å². The third-order valence-electron chi connectivity index (χ3n) is 4.27. The molecule has 0 spiro atoms. The summed E-state index contributed by atoms with van der Waals surface area (Å²) in [4.78, 5) is 25.3. The molecule has 3 rings (SSSR count). The van der Waals surface area contributed by atoms with Gasteiger partial charge in [0.05, 0.1) is 12.1 Å². The van der Waals surface area contributed by atoms with Crippen molar-refractivity contribution in [3.8, 4) is 0 Å². The maximum Gasteiger partial charge on any atom is 0.240 e. The van der Waals surface area contributed by atoms with E-state index in [0.717, 1.165) is 15.4 Å². The Hall–Kier alpha value is -1.82. The number of nitrogens with zero attached hydrogens (tertiary/aromatic N) is 2. The zero-order valence-corrected chi connectivity index (χ0v) is 14.1. The van der Waals surface area contributed by atoms with Crippen LogP contribution in [-0.2, 0) is 16.1 Å². The number of carbonyl (C=O) groups is 2. The largest absolute Gasteiger partial charge is 0.348 e. The number of likely N-dealkylation sites (tertiary alicyclic amines) is 1. The smallest absolute Gasteiger partial charge is 0.240 e. The van der Waals surface area contributed by atoms with Crippen LogP contribution >= 0.6 is 15.9 Å². The Kier molecular flexibility index (Phi) is 3.95. The normalized spacial score (nSPS) is 20.8. The highest BCUT2D eigenvalue weighted by atomic mass is 79.9. The number of halogens is 1. The number of amides is 2. The van der Waals surface area contributed by atoms with Crippen molar-refractivity contribution < 1.29 is 9.59 Å². The topological polar surface area (TPSA) is 54.3 Å². The summed E-state index contributed by atoms with van der Waals surface area (Å²) >= 11 is 3.45. The molecule has 2 aromatic rings. The summed E-state index contributed by atoms with van der Waals surface area (Å²) in [5, 5.41) is 4.10. The lowest BCUT2D eigenvalue weighted by atomic mass is 9.98. The molecule has 2 heterocycles. The van der Waals surface area contributed by atoms with Crippen LogP contribution in [0, 0.1) is 0 Å². The molecule has 22 heavy (non-hydrogen) atoms. The van der Waals surface area contributed by atoms with Crippen molar-refractivity contribution in [3.05, 3.63) is 34.9 Å². The number of nitrogens with one attached hydrogen (secondary N) is 1. The van der Waals surface area contributed by atoms with Gasteiger partial charge in [0.2, 0.25) is 11.8 Å². The molecule has 2 amide bonds. The summed E-state index contributed by atoms with van der Waals surface area (Å²) in [5.74, 6) is 0.0282. The van der Waals surface area contributed by atoms with Gasteiger partial charge in [-0.05, 0) is 31.2 Å². The third kappa shape index (κ3) is 2.75. The molecule has 2 atom stereocenters. The van der Waals surface area contributed by atoms with E-state index in [9.17, 15) is 9.59 Å². The monoisotopic (exact) mass is 363 g/mol. The summed E-state index contributed by atoms with van der Waals surface area (Å²) in [5.41, 5.74) is 1.03. The molecule has 1 aliphatic heterocycles. The zero-order valence-electron chi connectivity index (χ0n) is 12.5. The van der Waals surface area contributed by atoms with E-state index in [1.165, 1.54) is 0 Å². The highest BCUT2D eigenvalue weighted by molar-refractivity contribution is 9.10. The lowest BCUT2D eigenvalue weighted by Crippen LogP contribution is -2.66. The van der Waals surface area contributed by atoms with E-state index in [1.807, 2.05) is 42.0 Å². The van der Waals surface area contributed by atoms with Gasteiger partial charge in [0, 0.05) is 35.0 Å². The summed E-state index contributed by atoms with van der Waals surface area (Å²) in [6, 6.07) is 8.11. The molecule has 2 unspecified atom stereocenters. The van der Waals surface area contributed by atoms with Gasteiger partial charge in [0.15, 0.2) is 0 Å². The van der Waals surface area contributed by atoms with Gasteiger partial charge in [0.1, 0.15) is 6.54 Å². The molecule has 1 aromatic carbocycles. The molecular formula is C16H18BrN3O2. The zero-order chi connectivity index (χ0) is 15.9. The molecule has 1 fully saturated rings. The average Bonchev–Trinajstić information content (AvgIpc) is 2.84. The van der Waals surface area contributed by atoms with Crippen molar-refractivity contribution in [2.75, 3.05) is 6.54 Å². The van der Waals surface area contributed by atoms with E-state index in [4.69, 9.17) is 0 Å². The fourth-order valence-corrected chi connectivity index (χ4v) is 3.29. The van der Waals surface area contributed by atoms with E-state index in [1.54, 1.807) is 11.8 Å². The van der Waals surface area contributed by atoms with Crippen molar-refractivity contribution in [1.29, 1.82) is 0 Å². The quantitative estimate of drug-likeness (QED) is 0.907. The lowest BCUT2D eigenvalue weighted by Gasteiger charge is -2.46. The summed E-state index contributed by atoms with van der Waals surface area (Å²) < 4.78 is 2.96. The maximum atomic E-state index is 12.2. The second kappa shape index (κ2) is 5.76. The molecular weight excluding hydrogens is 346 g/mol. The molecule has 1 N–H and O–H groups in total. The van der Waals surface area contributed by atoms with Crippen LogP contribution in [-0.4, -0.2) is 39.9 Å². The lowest BCUT2D eigenvalue weighted by molar-refractivity contribution is -0.140. The SMILES string of the molecule is CC(=O)N1CC(NC(=O)Cn2ccc3cc(Br)ccc32)C1C. The molecule has 6 heteroatoms. The van der Waals surface area contributed by atoms with Crippen LogP contribution in [0.4, 0.5) is 0 Å². The standard InChI is InChI=1S/C16H18BrN3O2/c1-10-14(8-20(10)11(2)21)18-16(22)9-19-6-5-12-7-13(17)3-4-15(12)19/h3-7,10,14H,8-9H2,1-2H3,(H,18,22). The number of aromatic nitrogens is 1. The molecule has 1 aromatic heterocycles. The van der Waals surface area contributed by atoms with Gasteiger partial charge in [-0.2, -0.15) is 0 Å². The highest BCUT2D eigenvalue weighted by Gasteiger charge is 2.37. The number of hydrogen-bond acceptors (Lipinski definition) is 2. The number of hydrogen-bond donors (Lipinski definition) is 1. The number of fused-ring (bicyclic) bond motifs is 1. The molecule has 116 valence electrons. The molecule has 0 saturated carbocycles. The van der Waals surface area contributed by atoms with Crippen LogP contribution in [0.1, 0.15) is 13.8 Å². The molecule has 0 aliphatic carbocycles. The highest BCUT2D eigenvalue weighted by Crippen LogP contribution is 2.21. The van der Waals surface area contributed by atoms with E-state index >= 15 is 0 Å². The van der Waals surface area contributed by atoms with Crippen LogP contribution < -0.4 is 5.32 Å². The Morgan fingerprint density at radius 1 is 1.36 bits per heavy atom. The Labute approximate surface area is 137 Å². The molecule has 1 aliphatic rings. The Morgan fingerprint density at radius 3 is 2.82 bits per heavy atom. The predicted octanol–water partition coefficient (Wildman–Crippen LogP) is 2.14. The minimum Gasteiger partial charge on any atom is -0.348 e. The first-order chi connectivity index (χ1) is 10.5.